The highest BCUT2D eigenvalue weighted by atomic mass is 16.7. The SMILES string of the molecule is Cc1ccc(C2OC34CCC(C)CC3C(C#N)(C(=N)O4)C2(C#N)C#N)cc1. The first-order chi connectivity index (χ1) is 12.9. The number of hydrogen-bond acceptors (Lipinski definition) is 6. The van der Waals surface area contributed by atoms with E-state index < -0.39 is 28.6 Å². The van der Waals surface area contributed by atoms with E-state index in [4.69, 9.17) is 14.9 Å². The summed E-state index contributed by atoms with van der Waals surface area (Å²) < 4.78 is 12.3. The molecular weight excluding hydrogens is 340 g/mol. The molecule has 1 aromatic carbocycles. The largest absolute Gasteiger partial charge is 0.447 e. The molecule has 4 rings (SSSR count). The lowest BCUT2D eigenvalue weighted by atomic mass is 9.50. The van der Waals surface area contributed by atoms with Gasteiger partial charge in [-0.1, -0.05) is 36.8 Å². The Morgan fingerprint density at radius 1 is 1.11 bits per heavy atom. The number of ether oxygens (including phenoxy) is 2. The zero-order valence-electron chi connectivity index (χ0n) is 15.3. The van der Waals surface area contributed by atoms with Gasteiger partial charge in [0.25, 0.3) is 0 Å². The predicted molar refractivity (Wildman–Crippen MR) is 94.8 cm³/mol. The normalized spacial score (nSPS) is 38.6. The Bertz CT molecular complexity index is 921. The molecule has 136 valence electrons. The van der Waals surface area contributed by atoms with E-state index in [-0.39, 0.29) is 5.90 Å². The maximum absolute atomic E-state index is 10.2. The van der Waals surface area contributed by atoms with Crippen LogP contribution in [-0.2, 0) is 9.47 Å². The molecule has 0 spiro atoms. The third-order valence-electron chi connectivity index (χ3n) is 6.55. The van der Waals surface area contributed by atoms with E-state index >= 15 is 0 Å². The molecule has 1 aliphatic carbocycles. The van der Waals surface area contributed by atoms with Crippen LogP contribution in [0.4, 0.5) is 0 Å². The fourth-order valence-corrected chi connectivity index (χ4v) is 5.07. The number of nitrogens with zero attached hydrogens (tertiary/aromatic N) is 3. The molecule has 2 saturated heterocycles. The molecule has 5 unspecified atom stereocenters. The Morgan fingerprint density at radius 2 is 1.78 bits per heavy atom. The van der Waals surface area contributed by atoms with Crippen LogP contribution >= 0.6 is 0 Å². The van der Waals surface area contributed by atoms with Crippen molar-refractivity contribution >= 4 is 5.90 Å². The van der Waals surface area contributed by atoms with Gasteiger partial charge in [0.15, 0.2) is 5.41 Å². The topological polar surface area (TPSA) is 114 Å². The van der Waals surface area contributed by atoms with Crippen LogP contribution in [0.15, 0.2) is 24.3 Å². The van der Waals surface area contributed by atoms with Crippen molar-refractivity contribution in [1.29, 1.82) is 21.2 Å². The van der Waals surface area contributed by atoms with Crippen LogP contribution in [0.25, 0.3) is 0 Å². The Morgan fingerprint density at radius 3 is 2.37 bits per heavy atom. The van der Waals surface area contributed by atoms with Gasteiger partial charge in [-0.3, -0.25) is 5.41 Å². The first-order valence-corrected chi connectivity index (χ1v) is 9.15. The van der Waals surface area contributed by atoms with Crippen molar-refractivity contribution in [3.05, 3.63) is 35.4 Å². The maximum atomic E-state index is 10.2. The van der Waals surface area contributed by atoms with E-state index in [1.807, 2.05) is 31.2 Å². The van der Waals surface area contributed by atoms with E-state index in [9.17, 15) is 15.8 Å². The average molecular weight is 360 g/mol. The van der Waals surface area contributed by atoms with Crippen molar-refractivity contribution in [2.75, 3.05) is 0 Å². The van der Waals surface area contributed by atoms with Crippen molar-refractivity contribution in [3.8, 4) is 18.2 Å². The van der Waals surface area contributed by atoms with Gasteiger partial charge in [-0.25, -0.2) is 0 Å². The minimum Gasteiger partial charge on any atom is -0.447 e. The molecule has 1 aromatic rings. The molecule has 27 heavy (non-hydrogen) atoms. The van der Waals surface area contributed by atoms with Crippen LogP contribution in [0.2, 0.25) is 0 Å². The molecule has 3 fully saturated rings. The fraction of sp³-hybridized carbons (Fsp3) is 0.524. The number of nitriles is 3. The van der Waals surface area contributed by atoms with Crippen LogP contribution in [0, 0.1) is 69.0 Å². The highest BCUT2D eigenvalue weighted by Gasteiger charge is 2.80. The highest BCUT2D eigenvalue weighted by molar-refractivity contribution is 5.89. The number of nitrogens with one attached hydrogen (secondary N) is 1. The van der Waals surface area contributed by atoms with Crippen LogP contribution in [0.3, 0.4) is 0 Å². The van der Waals surface area contributed by atoms with Gasteiger partial charge < -0.3 is 9.47 Å². The lowest BCUT2D eigenvalue weighted by Gasteiger charge is -2.52. The van der Waals surface area contributed by atoms with Gasteiger partial charge in [-0.15, -0.1) is 0 Å². The van der Waals surface area contributed by atoms with Crippen molar-refractivity contribution in [2.45, 2.75) is 45.0 Å². The summed E-state index contributed by atoms with van der Waals surface area (Å²) in [5, 5.41) is 39.1. The Balaban J connectivity index is 1.98. The second kappa shape index (κ2) is 5.56. The quantitative estimate of drug-likeness (QED) is 0.819. The zero-order chi connectivity index (χ0) is 19.4. The molecule has 0 radical (unpaired) electrons. The van der Waals surface area contributed by atoms with Gasteiger partial charge in [-0.05, 0) is 31.2 Å². The molecule has 0 aromatic heterocycles. The van der Waals surface area contributed by atoms with Crippen molar-refractivity contribution in [2.24, 2.45) is 22.7 Å². The first-order valence-electron chi connectivity index (χ1n) is 9.15. The Kier molecular flexibility index (Phi) is 3.61. The molecule has 5 atom stereocenters. The number of aryl methyl sites for hydroxylation is 1. The molecule has 1 N–H and O–H groups in total. The van der Waals surface area contributed by atoms with Crippen molar-refractivity contribution < 1.29 is 9.47 Å². The average Bonchev–Trinajstić information content (AvgIpc) is 2.86. The minimum atomic E-state index is -1.85. The van der Waals surface area contributed by atoms with Gasteiger partial charge in [0, 0.05) is 6.42 Å². The van der Waals surface area contributed by atoms with Gasteiger partial charge in [0.1, 0.15) is 6.10 Å². The lowest BCUT2D eigenvalue weighted by Crippen LogP contribution is -2.60. The van der Waals surface area contributed by atoms with Gasteiger partial charge >= 0.3 is 0 Å². The summed E-state index contributed by atoms with van der Waals surface area (Å²) in [5.41, 5.74) is -1.80. The third-order valence-corrected chi connectivity index (χ3v) is 6.55. The van der Waals surface area contributed by atoms with E-state index in [2.05, 4.69) is 25.1 Å². The lowest BCUT2D eigenvalue weighted by molar-refractivity contribution is -0.298. The molecule has 2 heterocycles. The van der Waals surface area contributed by atoms with Crippen molar-refractivity contribution in [1.82, 2.24) is 0 Å². The molecule has 2 bridgehead atoms. The van der Waals surface area contributed by atoms with E-state index in [0.29, 0.717) is 24.3 Å². The molecule has 6 nitrogen and oxygen atoms in total. The number of rotatable bonds is 1. The summed E-state index contributed by atoms with van der Waals surface area (Å²) in [6.07, 6.45) is 1.01. The first kappa shape index (κ1) is 17.5. The van der Waals surface area contributed by atoms with Gasteiger partial charge in [-0.2, -0.15) is 15.8 Å². The summed E-state index contributed by atoms with van der Waals surface area (Å²) in [6, 6.07) is 13.8. The molecule has 0 amide bonds. The summed E-state index contributed by atoms with van der Waals surface area (Å²) in [6.45, 7) is 4.03. The minimum absolute atomic E-state index is 0.304. The standard InChI is InChI=1S/C21H20N4O2/c1-13-3-5-15(6-4-13)17-19(10-22,11-23)20(12-24)16-9-14(2)7-8-21(16,26-17)27-18(20)25/h3-6,14,16-17,25H,7-9H2,1-2H3. The van der Waals surface area contributed by atoms with E-state index in [1.165, 1.54) is 0 Å². The fourth-order valence-electron chi connectivity index (χ4n) is 5.07. The summed E-state index contributed by atoms with van der Waals surface area (Å²) in [5.74, 6) is -1.62. The molecular formula is C21H20N4O2. The second-order valence-electron chi connectivity index (χ2n) is 8.04. The zero-order valence-corrected chi connectivity index (χ0v) is 15.3. The molecule has 6 heteroatoms. The van der Waals surface area contributed by atoms with Crippen LogP contribution in [-0.4, -0.2) is 11.7 Å². The van der Waals surface area contributed by atoms with Crippen molar-refractivity contribution in [3.63, 3.8) is 0 Å². The predicted octanol–water partition coefficient (Wildman–Crippen LogP) is 3.75. The summed E-state index contributed by atoms with van der Waals surface area (Å²) in [4.78, 5) is 0. The number of benzene rings is 1. The van der Waals surface area contributed by atoms with E-state index in [0.717, 1.165) is 12.0 Å². The Hall–Kier alpha value is -2.88. The van der Waals surface area contributed by atoms with E-state index in [1.54, 1.807) is 0 Å². The van der Waals surface area contributed by atoms with Crippen LogP contribution in [0.1, 0.15) is 43.4 Å². The van der Waals surface area contributed by atoms with Crippen LogP contribution < -0.4 is 0 Å². The highest BCUT2D eigenvalue weighted by Crippen LogP contribution is 2.69. The monoisotopic (exact) mass is 360 g/mol. The summed E-state index contributed by atoms with van der Waals surface area (Å²) in [7, 11) is 0. The van der Waals surface area contributed by atoms with Gasteiger partial charge in [0.05, 0.1) is 24.1 Å². The number of hydrogen-bond donors (Lipinski definition) is 1. The third kappa shape index (κ3) is 1.93. The van der Waals surface area contributed by atoms with Gasteiger partial charge in [0.2, 0.25) is 17.1 Å². The maximum Gasteiger partial charge on any atom is 0.217 e. The molecule has 3 aliphatic rings. The molecule has 2 aliphatic heterocycles. The second-order valence-corrected chi connectivity index (χ2v) is 8.04. The summed E-state index contributed by atoms with van der Waals surface area (Å²) >= 11 is 0. The smallest absolute Gasteiger partial charge is 0.217 e. The molecule has 1 saturated carbocycles. The Labute approximate surface area is 158 Å². The van der Waals surface area contributed by atoms with Crippen LogP contribution in [0.5, 0.6) is 0 Å².